The van der Waals surface area contributed by atoms with Gasteiger partial charge in [0.15, 0.2) is 0 Å². The van der Waals surface area contributed by atoms with Crippen LogP contribution >= 0.6 is 35.8 Å². The Bertz CT molecular complexity index is 641. The van der Waals surface area contributed by atoms with E-state index in [1.54, 1.807) is 12.1 Å². The number of halogens is 2. The number of aryl methyl sites for hydroxylation is 1. The lowest BCUT2D eigenvalue weighted by Crippen LogP contribution is -2.13. The van der Waals surface area contributed by atoms with Gasteiger partial charge in [-0.3, -0.25) is 4.79 Å². The first-order chi connectivity index (χ1) is 9.51. The SMILES string of the molecule is CCc1ccc(NC(=O)c2cc(Cl)cc(Cl)c2S)cc1. The van der Waals surface area contributed by atoms with Crippen LogP contribution in [0.2, 0.25) is 10.0 Å². The van der Waals surface area contributed by atoms with E-state index in [0.29, 0.717) is 20.5 Å². The highest BCUT2D eigenvalue weighted by molar-refractivity contribution is 7.80. The van der Waals surface area contributed by atoms with Gasteiger partial charge in [-0.1, -0.05) is 42.3 Å². The summed E-state index contributed by atoms with van der Waals surface area (Å²) in [7, 11) is 0. The van der Waals surface area contributed by atoms with E-state index >= 15 is 0 Å². The molecule has 0 radical (unpaired) electrons. The van der Waals surface area contributed by atoms with E-state index in [-0.39, 0.29) is 5.91 Å². The summed E-state index contributed by atoms with van der Waals surface area (Å²) in [5, 5.41) is 3.56. The van der Waals surface area contributed by atoms with Crippen LogP contribution in [0.15, 0.2) is 41.3 Å². The first-order valence-electron chi connectivity index (χ1n) is 6.09. The topological polar surface area (TPSA) is 29.1 Å². The summed E-state index contributed by atoms with van der Waals surface area (Å²) in [6, 6.07) is 10.8. The minimum Gasteiger partial charge on any atom is -0.322 e. The third-order valence-corrected chi connectivity index (χ3v) is 4.02. The van der Waals surface area contributed by atoms with Gasteiger partial charge in [-0.2, -0.15) is 0 Å². The predicted molar refractivity (Wildman–Crippen MR) is 87.5 cm³/mol. The molecule has 0 aromatic heterocycles. The van der Waals surface area contributed by atoms with Gasteiger partial charge in [-0.05, 0) is 36.2 Å². The molecular formula is C15H13Cl2NOS. The molecule has 0 spiro atoms. The quantitative estimate of drug-likeness (QED) is 0.755. The number of hydrogen-bond donors (Lipinski definition) is 2. The monoisotopic (exact) mass is 325 g/mol. The summed E-state index contributed by atoms with van der Waals surface area (Å²) < 4.78 is 0. The van der Waals surface area contributed by atoms with Crippen molar-refractivity contribution in [1.82, 2.24) is 0 Å². The zero-order valence-electron chi connectivity index (χ0n) is 10.8. The van der Waals surface area contributed by atoms with Gasteiger partial charge in [0.2, 0.25) is 0 Å². The highest BCUT2D eigenvalue weighted by Crippen LogP contribution is 2.28. The minimum atomic E-state index is -0.288. The van der Waals surface area contributed by atoms with Crippen LogP contribution in [0.25, 0.3) is 0 Å². The average molecular weight is 326 g/mol. The molecule has 20 heavy (non-hydrogen) atoms. The first kappa shape index (κ1) is 15.2. The van der Waals surface area contributed by atoms with Crippen molar-refractivity contribution in [2.75, 3.05) is 5.32 Å². The molecule has 0 bridgehead atoms. The molecule has 5 heteroatoms. The highest BCUT2D eigenvalue weighted by Gasteiger charge is 2.13. The van der Waals surface area contributed by atoms with Gasteiger partial charge in [0, 0.05) is 15.6 Å². The van der Waals surface area contributed by atoms with Gasteiger partial charge in [0.05, 0.1) is 10.6 Å². The number of carbonyl (C=O) groups excluding carboxylic acids is 1. The number of hydrogen-bond acceptors (Lipinski definition) is 2. The molecule has 2 nitrogen and oxygen atoms in total. The summed E-state index contributed by atoms with van der Waals surface area (Å²) in [6.45, 7) is 2.08. The Kier molecular flexibility index (Phi) is 4.97. The summed E-state index contributed by atoms with van der Waals surface area (Å²) in [5.41, 5.74) is 2.28. The Hall–Kier alpha value is -1.16. The maximum absolute atomic E-state index is 12.2. The molecule has 0 saturated carbocycles. The van der Waals surface area contributed by atoms with Crippen molar-refractivity contribution in [2.24, 2.45) is 0 Å². The molecule has 0 heterocycles. The van der Waals surface area contributed by atoms with E-state index in [4.69, 9.17) is 23.2 Å². The largest absolute Gasteiger partial charge is 0.322 e. The highest BCUT2D eigenvalue weighted by atomic mass is 35.5. The average Bonchev–Trinajstić information content (AvgIpc) is 2.43. The summed E-state index contributed by atoms with van der Waals surface area (Å²) >= 11 is 16.1. The lowest BCUT2D eigenvalue weighted by molar-refractivity contribution is 0.102. The van der Waals surface area contributed by atoms with Crippen LogP contribution in [0.4, 0.5) is 5.69 Å². The Morgan fingerprint density at radius 2 is 1.85 bits per heavy atom. The second kappa shape index (κ2) is 6.53. The fourth-order valence-corrected chi connectivity index (χ4v) is 2.49. The lowest BCUT2D eigenvalue weighted by atomic mass is 10.1. The number of thiol groups is 1. The van der Waals surface area contributed by atoms with Crippen LogP contribution in [0.1, 0.15) is 22.8 Å². The van der Waals surface area contributed by atoms with Crippen LogP contribution in [-0.4, -0.2) is 5.91 Å². The van der Waals surface area contributed by atoms with Gasteiger partial charge in [-0.15, -0.1) is 12.6 Å². The second-order valence-corrected chi connectivity index (χ2v) is 5.58. The van der Waals surface area contributed by atoms with Crippen LogP contribution < -0.4 is 5.32 Å². The second-order valence-electron chi connectivity index (χ2n) is 4.29. The van der Waals surface area contributed by atoms with E-state index in [9.17, 15) is 4.79 Å². The maximum Gasteiger partial charge on any atom is 0.256 e. The molecule has 2 rings (SSSR count). The number of amides is 1. The van der Waals surface area contributed by atoms with Gasteiger partial charge < -0.3 is 5.32 Å². The molecule has 1 N–H and O–H groups in total. The number of rotatable bonds is 3. The zero-order chi connectivity index (χ0) is 14.7. The lowest BCUT2D eigenvalue weighted by Gasteiger charge is -2.09. The van der Waals surface area contributed by atoms with Gasteiger partial charge >= 0.3 is 0 Å². The molecule has 104 valence electrons. The molecule has 0 saturated heterocycles. The van der Waals surface area contributed by atoms with Gasteiger partial charge in [0.1, 0.15) is 0 Å². The molecule has 0 aliphatic heterocycles. The number of benzene rings is 2. The number of carbonyl (C=O) groups is 1. The standard InChI is InChI=1S/C15H13Cl2NOS/c1-2-9-3-5-11(6-4-9)18-15(19)12-7-10(16)8-13(17)14(12)20/h3-8,20H,2H2,1H3,(H,18,19). The third-order valence-electron chi connectivity index (χ3n) is 2.89. The predicted octanol–water partition coefficient (Wildman–Crippen LogP) is 5.10. The molecule has 0 unspecified atom stereocenters. The van der Waals surface area contributed by atoms with Crippen molar-refractivity contribution in [3.8, 4) is 0 Å². The van der Waals surface area contributed by atoms with Crippen molar-refractivity contribution in [3.05, 3.63) is 57.6 Å². The van der Waals surface area contributed by atoms with E-state index < -0.39 is 0 Å². The molecule has 0 aliphatic rings. The zero-order valence-corrected chi connectivity index (χ0v) is 13.2. The van der Waals surface area contributed by atoms with Crippen molar-refractivity contribution in [2.45, 2.75) is 18.2 Å². The number of nitrogens with one attached hydrogen (secondary N) is 1. The first-order valence-corrected chi connectivity index (χ1v) is 7.30. The third kappa shape index (κ3) is 3.48. The van der Waals surface area contributed by atoms with Crippen LogP contribution in [0.3, 0.4) is 0 Å². The van der Waals surface area contributed by atoms with E-state index in [0.717, 1.165) is 12.1 Å². The van der Waals surface area contributed by atoms with E-state index in [1.165, 1.54) is 5.56 Å². The van der Waals surface area contributed by atoms with Gasteiger partial charge in [0.25, 0.3) is 5.91 Å². The van der Waals surface area contributed by atoms with Crippen LogP contribution in [-0.2, 0) is 6.42 Å². The van der Waals surface area contributed by atoms with Crippen molar-refractivity contribution in [3.63, 3.8) is 0 Å². The van der Waals surface area contributed by atoms with Crippen LogP contribution in [0.5, 0.6) is 0 Å². The number of anilines is 1. The Labute approximate surface area is 133 Å². The van der Waals surface area contributed by atoms with Crippen LogP contribution in [0, 0.1) is 0 Å². The minimum absolute atomic E-state index is 0.288. The summed E-state index contributed by atoms with van der Waals surface area (Å²) in [4.78, 5) is 12.6. The molecule has 2 aromatic carbocycles. The molecule has 0 aliphatic carbocycles. The normalized spacial score (nSPS) is 10.4. The van der Waals surface area contributed by atoms with Crippen molar-refractivity contribution in [1.29, 1.82) is 0 Å². The molecule has 2 aromatic rings. The van der Waals surface area contributed by atoms with Crippen molar-refractivity contribution < 1.29 is 4.79 Å². The Morgan fingerprint density at radius 1 is 1.20 bits per heavy atom. The molecular weight excluding hydrogens is 313 g/mol. The molecule has 1 amide bonds. The smallest absolute Gasteiger partial charge is 0.256 e. The summed E-state index contributed by atoms with van der Waals surface area (Å²) in [6.07, 6.45) is 0.957. The fraction of sp³-hybridized carbons (Fsp3) is 0.133. The fourth-order valence-electron chi connectivity index (χ4n) is 1.76. The van der Waals surface area contributed by atoms with E-state index in [2.05, 4.69) is 24.9 Å². The van der Waals surface area contributed by atoms with Gasteiger partial charge in [-0.25, -0.2) is 0 Å². The Balaban J connectivity index is 2.23. The summed E-state index contributed by atoms with van der Waals surface area (Å²) in [5.74, 6) is -0.288. The molecule has 0 atom stereocenters. The van der Waals surface area contributed by atoms with E-state index in [1.807, 2.05) is 24.3 Å². The maximum atomic E-state index is 12.2. The Morgan fingerprint density at radius 3 is 2.45 bits per heavy atom. The van der Waals surface area contributed by atoms with Crippen molar-refractivity contribution >= 4 is 47.4 Å². The molecule has 0 fully saturated rings.